The number of hydrogen-bond acceptors (Lipinski definition) is 1. The van der Waals surface area contributed by atoms with E-state index in [9.17, 15) is 0 Å². The minimum atomic E-state index is 0.814. The Bertz CT molecular complexity index is 354. The van der Waals surface area contributed by atoms with E-state index in [1.54, 1.807) is 5.56 Å². The number of piperidine rings is 1. The van der Waals surface area contributed by atoms with Gasteiger partial charge in [-0.15, -0.1) is 0 Å². The summed E-state index contributed by atoms with van der Waals surface area (Å²) in [6.45, 7) is 2.17. The molecule has 2 saturated heterocycles. The average Bonchev–Trinajstić information content (AvgIpc) is 2.54. The molecule has 0 spiro atoms. The van der Waals surface area contributed by atoms with E-state index in [2.05, 4.69) is 43.1 Å². The van der Waals surface area contributed by atoms with E-state index < -0.39 is 0 Å². The molecular formula is C15H21N. The molecule has 2 aliphatic rings. The van der Waals surface area contributed by atoms with Crippen molar-refractivity contribution in [2.24, 2.45) is 0 Å². The monoisotopic (exact) mass is 215 g/mol. The fourth-order valence-electron chi connectivity index (χ4n) is 3.52. The van der Waals surface area contributed by atoms with E-state index in [1.807, 2.05) is 0 Å². The third-order valence-corrected chi connectivity index (χ3v) is 4.65. The maximum absolute atomic E-state index is 2.62. The summed E-state index contributed by atoms with van der Waals surface area (Å²) in [6.07, 6.45) is 5.58. The second kappa shape index (κ2) is 3.89. The van der Waals surface area contributed by atoms with Crippen molar-refractivity contribution in [3.63, 3.8) is 0 Å². The lowest BCUT2D eigenvalue weighted by Gasteiger charge is -2.36. The topological polar surface area (TPSA) is 3.24 Å². The van der Waals surface area contributed by atoms with E-state index in [0.717, 1.165) is 18.0 Å². The first kappa shape index (κ1) is 10.3. The van der Waals surface area contributed by atoms with Gasteiger partial charge in [0.1, 0.15) is 0 Å². The molecule has 1 aromatic carbocycles. The van der Waals surface area contributed by atoms with E-state index >= 15 is 0 Å². The van der Waals surface area contributed by atoms with Crippen LogP contribution in [0.4, 0.5) is 0 Å². The van der Waals surface area contributed by atoms with Crippen LogP contribution in [0.1, 0.15) is 42.7 Å². The summed E-state index contributed by atoms with van der Waals surface area (Å²) in [7, 11) is 2.31. The lowest BCUT2D eigenvalue weighted by atomic mass is 9.85. The molecular weight excluding hydrogens is 194 g/mol. The number of fused-ring (bicyclic) bond motifs is 2. The fraction of sp³-hybridized carbons (Fsp3) is 0.600. The van der Waals surface area contributed by atoms with Gasteiger partial charge in [-0.05, 0) is 51.1 Å². The summed E-state index contributed by atoms with van der Waals surface area (Å²) >= 11 is 0. The van der Waals surface area contributed by atoms with Crippen LogP contribution in [0.15, 0.2) is 24.3 Å². The Morgan fingerprint density at radius 1 is 1.00 bits per heavy atom. The van der Waals surface area contributed by atoms with Crippen LogP contribution in [0.2, 0.25) is 0 Å². The summed E-state index contributed by atoms with van der Waals surface area (Å²) in [4.78, 5) is 2.62. The number of hydrogen-bond donors (Lipinski definition) is 0. The molecule has 2 aliphatic heterocycles. The number of benzene rings is 1. The van der Waals surface area contributed by atoms with E-state index in [1.165, 1.54) is 31.2 Å². The Hall–Kier alpha value is -0.820. The molecule has 86 valence electrons. The maximum atomic E-state index is 2.62. The Morgan fingerprint density at radius 3 is 2.12 bits per heavy atom. The highest BCUT2D eigenvalue weighted by atomic mass is 15.2. The molecule has 2 heterocycles. The van der Waals surface area contributed by atoms with E-state index in [0.29, 0.717) is 0 Å². The second-order valence-corrected chi connectivity index (χ2v) is 5.63. The molecule has 3 rings (SSSR count). The van der Waals surface area contributed by atoms with Crippen molar-refractivity contribution < 1.29 is 0 Å². The van der Waals surface area contributed by atoms with Gasteiger partial charge in [0.15, 0.2) is 0 Å². The highest BCUT2D eigenvalue weighted by Gasteiger charge is 2.38. The molecule has 0 N–H and O–H groups in total. The minimum Gasteiger partial charge on any atom is -0.300 e. The van der Waals surface area contributed by atoms with Crippen LogP contribution < -0.4 is 0 Å². The Labute approximate surface area is 98.5 Å². The first-order chi connectivity index (χ1) is 7.74. The predicted octanol–water partition coefficient (Wildman–Crippen LogP) is 3.34. The Morgan fingerprint density at radius 2 is 1.56 bits per heavy atom. The van der Waals surface area contributed by atoms with Crippen molar-refractivity contribution in [1.29, 1.82) is 0 Å². The normalized spacial score (nSPS) is 34.2. The number of rotatable bonds is 1. The van der Waals surface area contributed by atoms with Gasteiger partial charge in [-0.25, -0.2) is 0 Å². The SMILES string of the molecule is Cc1ccc([C@H]2C[C@H]3CC[C@@H](C2)N3C)cc1. The fourth-order valence-corrected chi connectivity index (χ4v) is 3.52. The maximum Gasteiger partial charge on any atom is 0.0102 e. The van der Waals surface area contributed by atoms with Gasteiger partial charge < -0.3 is 4.90 Å². The smallest absolute Gasteiger partial charge is 0.0102 e. The lowest BCUT2D eigenvalue weighted by molar-refractivity contribution is 0.161. The van der Waals surface area contributed by atoms with Gasteiger partial charge in [-0.2, -0.15) is 0 Å². The molecule has 0 amide bonds. The second-order valence-electron chi connectivity index (χ2n) is 5.63. The highest BCUT2D eigenvalue weighted by Crippen LogP contribution is 2.41. The number of nitrogens with zero attached hydrogens (tertiary/aromatic N) is 1. The molecule has 2 bridgehead atoms. The highest BCUT2D eigenvalue weighted by molar-refractivity contribution is 5.26. The van der Waals surface area contributed by atoms with Gasteiger partial charge in [0.2, 0.25) is 0 Å². The van der Waals surface area contributed by atoms with Crippen LogP contribution in [-0.2, 0) is 0 Å². The zero-order valence-corrected chi connectivity index (χ0v) is 10.3. The molecule has 1 nitrogen and oxygen atoms in total. The van der Waals surface area contributed by atoms with Crippen LogP contribution in [0.3, 0.4) is 0 Å². The summed E-state index contributed by atoms with van der Waals surface area (Å²) in [5, 5.41) is 0. The molecule has 0 aliphatic carbocycles. The van der Waals surface area contributed by atoms with Crippen molar-refractivity contribution in [3.05, 3.63) is 35.4 Å². The number of aryl methyl sites for hydroxylation is 1. The molecule has 1 aromatic rings. The molecule has 16 heavy (non-hydrogen) atoms. The van der Waals surface area contributed by atoms with Crippen molar-refractivity contribution in [1.82, 2.24) is 4.90 Å². The van der Waals surface area contributed by atoms with Crippen LogP contribution in [0.5, 0.6) is 0 Å². The molecule has 3 atom stereocenters. The molecule has 0 aromatic heterocycles. The van der Waals surface area contributed by atoms with Crippen LogP contribution >= 0.6 is 0 Å². The third kappa shape index (κ3) is 1.67. The largest absolute Gasteiger partial charge is 0.300 e. The van der Waals surface area contributed by atoms with Crippen molar-refractivity contribution >= 4 is 0 Å². The van der Waals surface area contributed by atoms with Gasteiger partial charge in [0.05, 0.1) is 0 Å². The van der Waals surface area contributed by atoms with Crippen LogP contribution in [0, 0.1) is 6.92 Å². The Balaban J connectivity index is 1.80. The quantitative estimate of drug-likeness (QED) is 0.694. The van der Waals surface area contributed by atoms with Crippen LogP contribution in [-0.4, -0.2) is 24.0 Å². The summed E-state index contributed by atoms with van der Waals surface area (Å²) in [5.41, 5.74) is 2.94. The third-order valence-electron chi connectivity index (χ3n) is 4.65. The zero-order valence-electron chi connectivity index (χ0n) is 10.3. The summed E-state index contributed by atoms with van der Waals surface area (Å²) in [6, 6.07) is 10.9. The molecule has 0 unspecified atom stereocenters. The van der Waals surface area contributed by atoms with Crippen molar-refractivity contribution in [3.8, 4) is 0 Å². The standard InChI is InChI=1S/C15H21N/c1-11-3-5-12(6-4-11)13-9-14-7-8-15(10-13)16(14)2/h3-6,13-15H,7-10H2,1-2H3/t13-,14+,15-. The van der Waals surface area contributed by atoms with Gasteiger partial charge in [-0.3, -0.25) is 0 Å². The van der Waals surface area contributed by atoms with Crippen LogP contribution in [0.25, 0.3) is 0 Å². The first-order valence-electron chi connectivity index (χ1n) is 6.52. The molecule has 0 saturated carbocycles. The lowest BCUT2D eigenvalue weighted by Crippen LogP contribution is -2.39. The Kier molecular flexibility index (Phi) is 2.51. The van der Waals surface area contributed by atoms with Crippen molar-refractivity contribution in [2.75, 3.05) is 7.05 Å². The van der Waals surface area contributed by atoms with Gasteiger partial charge >= 0.3 is 0 Å². The van der Waals surface area contributed by atoms with Crippen molar-refractivity contribution in [2.45, 2.75) is 50.6 Å². The molecule has 0 radical (unpaired) electrons. The first-order valence-corrected chi connectivity index (χ1v) is 6.52. The van der Waals surface area contributed by atoms with E-state index in [4.69, 9.17) is 0 Å². The predicted molar refractivity (Wildman–Crippen MR) is 67.7 cm³/mol. The van der Waals surface area contributed by atoms with E-state index in [-0.39, 0.29) is 0 Å². The molecule has 1 heteroatoms. The molecule has 2 fully saturated rings. The van der Waals surface area contributed by atoms with Gasteiger partial charge in [0.25, 0.3) is 0 Å². The van der Waals surface area contributed by atoms with Gasteiger partial charge in [-0.1, -0.05) is 29.8 Å². The minimum absolute atomic E-state index is 0.814. The summed E-state index contributed by atoms with van der Waals surface area (Å²) < 4.78 is 0. The summed E-state index contributed by atoms with van der Waals surface area (Å²) in [5.74, 6) is 0.814. The van der Waals surface area contributed by atoms with Gasteiger partial charge in [0, 0.05) is 12.1 Å². The average molecular weight is 215 g/mol. The zero-order chi connectivity index (χ0) is 11.1.